The highest BCUT2D eigenvalue weighted by molar-refractivity contribution is 9.10. The first kappa shape index (κ1) is 19.1. The van der Waals surface area contributed by atoms with Crippen molar-refractivity contribution in [2.24, 2.45) is 7.05 Å². The van der Waals surface area contributed by atoms with E-state index in [1.807, 2.05) is 25.1 Å². The van der Waals surface area contributed by atoms with E-state index in [0.717, 1.165) is 10.0 Å². The number of aryl methyl sites for hydroxylation is 2. The second-order valence-corrected chi connectivity index (χ2v) is 7.03. The molecule has 0 aliphatic rings. The van der Waals surface area contributed by atoms with Gasteiger partial charge in [0, 0.05) is 17.7 Å². The molecule has 0 radical (unpaired) electrons. The van der Waals surface area contributed by atoms with Crippen molar-refractivity contribution < 1.29 is 14.3 Å². The topological polar surface area (TPSA) is 72.4 Å². The van der Waals surface area contributed by atoms with Crippen molar-refractivity contribution in [2.45, 2.75) is 26.7 Å². The largest absolute Gasteiger partial charge is 0.484 e. The van der Waals surface area contributed by atoms with Gasteiger partial charge < -0.3 is 9.30 Å². The molecule has 25 heavy (non-hydrogen) atoms. The maximum atomic E-state index is 12.0. The molecule has 2 aromatic rings. The third kappa shape index (κ3) is 5.09. The number of amides is 2. The fourth-order valence-electron chi connectivity index (χ4n) is 2.51. The van der Waals surface area contributed by atoms with Crippen molar-refractivity contribution >= 4 is 27.7 Å². The number of nitrogens with zero attached hydrogens (tertiary/aromatic N) is 1. The zero-order valence-electron chi connectivity index (χ0n) is 14.7. The highest BCUT2D eigenvalue weighted by Crippen LogP contribution is 2.23. The maximum Gasteiger partial charge on any atom is 0.286 e. The van der Waals surface area contributed by atoms with E-state index in [1.165, 1.54) is 5.56 Å². The molecule has 0 spiro atoms. The lowest BCUT2D eigenvalue weighted by Crippen LogP contribution is -2.44. The molecule has 0 fully saturated rings. The van der Waals surface area contributed by atoms with Crippen LogP contribution in [0.5, 0.6) is 5.75 Å². The first-order valence-corrected chi connectivity index (χ1v) is 8.71. The van der Waals surface area contributed by atoms with Crippen LogP contribution in [0.2, 0.25) is 0 Å². The Bertz CT molecular complexity index is 784. The smallest absolute Gasteiger partial charge is 0.286 e. The van der Waals surface area contributed by atoms with Crippen LogP contribution in [0.3, 0.4) is 0 Å². The standard InChI is InChI=1S/C18H22BrN3O3/c1-11(2)15-6-5-14(7-12(15)3)25-10-17(23)20-21-18(24)16-8-13(19)9-22(16)4/h5-9,11H,10H2,1-4H3,(H,20,23)(H,21,24). The summed E-state index contributed by atoms with van der Waals surface area (Å²) in [7, 11) is 1.74. The van der Waals surface area contributed by atoms with Gasteiger partial charge in [0.1, 0.15) is 11.4 Å². The number of carbonyl (C=O) groups is 2. The third-order valence-corrected chi connectivity index (χ3v) is 4.19. The van der Waals surface area contributed by atoms with E-state index in [4.69, 9.17) is 4.74 Å². The molecule has 0 saturated heterocycles. The molecule has 134 valence electrons. The van der Waals surface area contributed by atoms with Gasteiger partial charge in [-0.05, 0) is 58.1 Å². The zero-order chi connectivity index (χ0) is 18.6. The average Bonchev–Trinajstić information content (AvgIpc) is 2.88. The Morgan fingerprint density at radius 3 is 2.52 bits per heavy atom. The minimum atomic E-state index is -0.438. The van der Waals surface area contributed by atoms with E-state index in [0.29, 0.717) is 17.4 Å². The lowest BCUT2D eigenvalue weighted by Gasteiger charge is -2.13. The quantitative estimate of drug-likeness (QED) is 0.747. The van der Waals surface area contributed by atoms with Gasteiger partial charge in [0.15, 0.2) is 6.61 Å². The lowest BCUT2D eigenvalue weighted by atomic mass is 9.98. The number of halogens is 1. The Morgan fingerprint density at radius 2 is 1.96 bits per heavy atom. The summed E-state index contributed by atoms with van der Waals surface area (Å²) in [5, 5.41) is 0. The summed E-state index contributed by atoms with van der Waals surface area (Å²) in [6.45, 7) is 6.09. The number of carbonyl (C=O) groups excluding carboxylic acids is 2. The minimum absolute atomic E-state index is 0.183. The molecule has 0 unspecified atom stereocenters. The molecule has 1 heterocycles. The summed E-state index contributed by atoms with van der Waals surface area (Å²) in [6, 6.07) is 7.41. The van der Waals surface area contributed by atoms with Gasteiger partial charge in [0.05, 0.1) is 0 Å². The number of hydrogen-bond acceptors (Lipinski definition) is 3. The molecule has 0 aliphatic carbocycles. The van der Waals surface area contributed by atoms with Crippen LogP contribution >= 0.6 is 15.9 Å². The number of rotatable bonds is 5. The summed E-state index contributed by atoms with van der Waals surface area (Å²) >= 11 is 3.29. The predicted molar refractivity (Wildman–Crippen MR) is 99.5 cm³/mol. The number of ether oxygens (including phenoxy) is 1. The summed E-state index contributed by atoms with van der Waals surface area (Å²) in [4.78, 5) is 23.8. The van der Waals surface area contributed by atoms with Gasteiger partial charge in [-0.25, -0.2) is 0 Å². The molecule has 1 aromatic heterocycles. The average molecular weight is 408 g/mol. The van der Waals surface area contributed by atoms with Crippen LogP contribution < -0.4 is 15.6 Å². The van der Waals surface area contributed by atoms with Crippen LogP contribution in [0.25, 0.3) is 0 Å². The molecule has 2 amide bonds. The van der Waals surface area contributed by atoms with Gasteiger partial charge >= 0.3 is 0 Å². The third-order valence-electron chi connectivity index (χ3n) is 3.75. The second kappa shape index (κ2) is 8.20. The van der Waals surface area contributed by atoms with Gasteiger partial charge in [-0.1, -0.05) is 19.9 Å². The minimum Gasteiger partial charge on any atom is -0.484 e. The Hall–Kier alpha value is -2.28. The molecule has 2 rings (SSSR count). The van der Waals surface area contributed by atoms with Crippen LogP contribution in [-0.4, -0.2) is 23.0 Å². The van der Waals surface area contributed by atoms with Crippen molar-refractivity contribution in [1.29, 1.82) is 0 Å². The van der Waals surface area contributed by atoms with Gasteiger partial charge in [-0.3, -0.25) is 20.4 Å². The molecular formula is C18H22BrN3O3. The van der Waals surface area contributed by atoms with Crippen LogP contribution in [0.15, 0.2) is 34.9 Å². The van der Waals surface area contributed by atoms with E-state index in [9.17, 15) is 9.59 Å². The first-order chi connectivity index (χ1) is 11.8. The molecule has 2 N–H and O–H groups in total. The Morgan fingerprint density at radius 1 is 1.24 bits per heavy atom. The highest BCUT2D eigenvalue weighted by Gasteiger charge is 2.12. The first-order valence-electron chi connectivity index (χ1n) is 7.92. The van der Waals surface area contributed by atoms with Crippen molar-refractivity contribution in [3.63, 3.8) is 0 Å². The van der Waals surface area contributed by atoms with Crippen LogP contribution in [0.4, 0.5) is 0 Å². The molecule has 6 nitrogen and oxygen atoms in total. The lowest BCUT2D eigenvalue weighted by molar-refractivity contribution is -0.123. The van der Waals surface area contributed by atoms with Crippen molar-refractivity contribution in [3.8, 4) is 5.75 Å². The molecule has 7 heteroatoms. The monoisotopic (exact) mass is 407 g/mol. The van der Waals surface area contributed by atoms with E-state index >= 15 is 0 Å². The molecule has 1 aromatic carbocycles. The fraction of sp³-hybridized carbons (Fsp3) is 0.333. The van der Waals surface area contributed by atoms with E-state index in [1.54, 1.807) is 23.9 Å². The second-order valence-electron chi connectivity index (χ2n) is 6.12. The van der Waals surface area contributed by atoms with Gasteiger partial charge in [-0.15, -0.1) is 0 Å². The van der Waals surface area contributed by atoms with Crippen LogP contribution in [0, 0.1) is 6.92 Å². The fourth-order valence-corrected chi connectivity index (χ4v) is 3.04. The van der Waals surface area contributed by atoms with Gasteiger partial charge in [0.2, 0.25) is 0 Å². The van der Waals surface area contributed by atoms with Crippen LogP contribution in [0.1, 0.15) is 41.4 Å². The summed E-state index contributed by atoms with van der Waals surface area (Å²) in [5.41, 5.74) is 7.50. The number of hydrazine groups is 1. The molecule has 0 aliphatic heterocycles. The molecule has 0 bridgehead atoms. The Balaban J connectivity index is 1.84. The van der Waals surface area contributed by atoms with E-state index < -0.39 is 11.8 Å². The van der Waals surface area contributed by atoms with Crippen LogP contribution in [-0.2, 0) is 11.8 Å². The van der Waals surface area contributed by atoms with Crippen molar-refractivity contribution in [2.75, 3.05) is 6.61 Å². The van der Waals surface area contributed by atoms with Gasteiger partial charge in [-0.2, -0.15) is 0 Å². The van der Waals surface area contributed by atoms with Gasteiger partial charge in [0.25, 0.3) is 11.8 Å². The normalized spacial score (nSPS) is 10.6. The summed E-state index contributed by atoms with van der Waals surface area (Å²) in [5.74, 6) is 0.214. The molecular weight excluding hydrogens is 386 g/mol. The summed E-state index contributed by atoms with van der Waals surface area (Å²) < 4.78 is 7.91. The summed E-state index contributed by atoms with van der Waals surface area (Å²) in [6.07, 6.45) is 1.75. The highest BCUT2D eigenvalue weighted by atomic mass is 79.9. The number of benzene rings is 1. The maximum absolute atomic E-state index is 12.0. The number of hydrogen-bond donors (Lipinski definition) is 2. The van der Waals surface area contributed by atoms with Crippen molar-refractivity contribution in [1.82, 2.24) is 15.4 Å². The van der Waals surface area contributed by atoms with E-state index in [2.05, 4.69) is 40.6 Å². The van der Waals surface area contributed by atoms with E-state index in [-0.39, 0.29) is 6.61 Å². The number of aromatic nitrogens is 1. The Labute approximate surface area is 155 Å². The SMILES string of the molecule is Cc1cc(OCC(=O)NNC(=O)c2cc(Br)cn2C)ccc1C(C)C. The zero-order valence-corrected chi connectivity index (χ0v) is 16.3. The number of nitrogens with one attached hydrogen (secondary N) is 2. The Kier molecular flexibility index (Phi) is 6.25. The molecule has 0 atom stereocenters. The van der Waals surface area contributed by atoms with Crippen molar-refractivity contribution in [3.05, 3.63) is 51.8 Å². The molecule has 0 saturated carbocycles. The predicted octanol–water partition coefficient (Wildman–Crippen LogP) is 3.06.